The van der Waals surface area contributed by atoms with Crippen molar-refractivity contribution in [3.05, 3.63) is 29.6 Å². The Hall–Kier alpha value is -2.55. The van der Waals surface area contributed by atoms with E-state index in [9.17, 15) is 9.59 Å². The highest BCUT2D eigenvalue weighted by Gasteiger charge is 2.15. The Morgan fingerprint density at radius 2 is 2.05 bits per heavy atom. The standard InChI is InChI=1S/C16H20N2O4/c1-16(2,3)22-15(20)17-11-6-5-8-12-9-7-10-13(18-12)14(19)21-4/h7,9-10H,6,11H2,1-4H3,(H,17,20). The van der Waals surface area contributed by atoms with E-state index < -0.39 is 17.7 Å². The van der Waals surface area contributed by atoms with Gasteiger partial charge >= 0.3 is 12.1 Å². The van der Waals surface area contributed by atoms with E-state index >= 15 is 0 Å². The number of carbonyl (C=O) groups is 2. The van der Waals surface area contributed by atoms with Crippen molar-refractivity contribution >= 4 is 12.1 Å². The SMILES string of the molecule is COC(=O)c1cccc(C#CCCNC(=O)OC(C)(C)C)n1. The van der Waals surface area contributed by atoms with Crippen LogP contribution in [0.25, 0.3) is 0 Å². The van der Waals surface area contributed by atoms with Crippen molar-refractivity contribution in [3.63, 3.8) is 0 Å². The van der Waals surface area contributed by atoms with Crippen molar-refractivity contribution in [2.45, 2.75) is 32.8 Å². The molecule has 1 aromatic rings. The van der Waals surface area contributed by atoms with Crippen molar-refractivity contribution in [1.29, 1.82) is 0 Å². The lowest BCUT2D eigenvalue weighted by Crippen LogP contribution is -2.32. The molecule has 0 bridgehead atoms. The molecular formula is C16H20N2O4. The fourth-order valence-corrected chi connectivity index (χ4v) is 1.42. The number of aromatic nitrogens is 1. The lowest BCUT2D eigenvalue weighted by atomic mass is 10.2. The van der Waals surface area contributed by atoms with Gasteiger partial charge in [0.2, 0.25) is 0 Å². The molecule has 0 spiro atoms. The molecule has 1 heterocycles. The van der Waals surface area contributed by atoms with E-state index in [0.29, 0.717) is 18.7 Å². The third-order valence-corrected chi connectivity index (χ3v) is 2.28. The number of amides is 1. The second-order valence-electron chi connectivity index (χ2n) is 5.38. The van der Waals surface area contributed by atoms with Gasteiger partial charge in [0.1, 0.15) is 17.0 Å². The number of ether oxygens (including phenoxy) is 2. The van der Waals surface area contributed by atoms with Crippen LogP contribution in [0, 0.1) is 11.8 Å². The second kappa shape index (κ2) is 8.03. The largest absolute Gasteiger partial charge is 0.464 e. The highest BCUT2D eigenvalue weighted by molar-refractivity contribution is 5.87. The van der Waals surface area contributed by atoms with Crippen LogP contribution in [-0.4, -0.2) is 36.3 Å². The van der Waals surface area contributed by atoms with E-state index in [0.717, 1.165) is 0 Å². The number of rotatable bonds is 3. The van der Waals surface area contributed by atoms with E-state index in [4.69, 9.17) is 4.74 Å². The predicted molar refractivity (Wildman–Crippen MR) is 81.3 cm³/mol. The van der Waals surface area contributed by atoms with Gasteiger partial charge in [-0.2, -0.15) is 0 Å². The molecule has 1 amide bonds. The van der Waals surface area contributed by atoms with Gasteiger partial charge in [-0.25, -0.2) is 14.6 Å². The maximum Gasteiger partial charge on any atom is 0.407 e. The van der Waals surface area contributed by atoms with Crippen molar-refractivity contribution in [1.82, 2.24) is 10.3 Å². The van der Waals surface area contributed by atoms with Gasteiger partial charge in [-0.3, -0.25) is 0 Å². The fraction of sp³-hybridized carbons (Fsp3) is 0.438. The number of methoxy groups -OCH3 is 1. The van der Waals surface area contributed by atoms with Crippen LogP contribution in [-0.2, 0) is 9.47 Å². The first-order chi connectivity index (χ1) is 10.3. The minimum Gasteiger partial charge on any atom is -0.464 e. The number of hydrogen-bond acceptors (Lipinski definition) is 5. The molecule has 0 radical (unpaired) electrons. The molecule has 0 atom stereocenters. The number of nitrogens with one attached hydrogen (secondary N) is 1. The maximum absolute atomic E-state index is 11.4. The number of esters is 1. The first-order valence-corrected chi connectivity index (χ1v) is 6.83. The Balaban J connectivity index is 2.45. The average molecular weight is 304 g/mol. The lowest BCUT2D eigenvalue weighted by molar-refractivity contribution is 0.0527. The first-order valence-electron chi connectivity index (χ1n) is 6.83. The summed E-state index contributed by atoms with van der Waals surface area (Å²) < 4.78 is 9.68. The van der Waals surface area contributed by atoms with Gasteiger partial charge in [-0.05, 0) is 38.8 Å². The molecule has 0 aromatic carbocycles. The summed E-state index contributed by atoms with van der Waals surface area (Å²) in [6.45, 7) is 5.77. The van der Waals surface area contributed by atoms with Gasteiger partial charge in [-0.1, -0.05) is 12.0 Å². The molecular weight excluding hydrogens is 284 g/mol. The van der Waals surface area contributed by atoms with Crippen LogP contribution >= 0.6 is 0 Å². The van der Waals surface area contributed by atoms with Crippen LogP contribution in [0.1, 0.15) is 43.4 Å². The van der Waals surface area contributed by atoms with Crippen LogP contribution in [0.2, 0.25) is 0 Å². The first kappa shape index (κ1) is 17.5. The van der Waals surface area contributed by atoms with Crippen LogP contribution < -0.4 is 5.32 Å². The number of carbonyl (C=O) groups excluding carboxylic acids is 2. The molecule has 0 saturated carbocycles. The number of nitrogens with zero attached hydrogens (tertiary/aromatic N) is 1. The summed E-state index contributed by atoms with van der Waals surface area (Å²) in [7, 11) is 1.30. The van der Waals surface area contributed by atoms with Crippen LogP contribution in [0.3, 0.4) is 0 Å². The third-order valence-electron chi connectivity index (χ3n) is 2.28. The van der Waals surface area contributed by atoms with E-state index in [1.165, 1.54) is 7.11 Å². The monoisotopic (exact) mass is 304 g/mol. The van der Waals surface area contributed by atoms with Gasteiger partial charge in [0.05, 0.1) is 7.11 Å². The van der Waals surface area contributed by atoms with Crippen LogP contribution in [0.5, 0.6) is 0 Å². The molecule has 0 aliphatic heterocycles. The minimum atomic E-state index is -0.520. The zero-order valence-electron chi connectivity index (χ0n) is 13.2. The Labute approximate surface area is 130 Å². The van der Waals surface area contributed by atoms with E-state index in [-0.39, 0.29) is 5.69 Å². The highest BCUT2D eigenvalue weighted by Crippen LogP contribution is 2.06. The van der Waals surface area contributed by atoms with Crippen molar-refractivity contribution in [2.75, 3.05) is 13.7 Å². The fourth-order valence-electron chi connectivity index (χ4n) is 1.42. The van der Waals surface area contributed by atoms with Crippen molar-refractivity contribution < 1.29 is 19.1 Å². The maximum atomic E-state index is 11.4. The van der Waals surface area contributed by atoms with Gasteiger partial charge < -0.3 is 14.8 Å². The van der Waals surface area contributed by atoms with E-state index in [2.05, 4.69) is 26.9 Å². The number of hydrogen-bond donors (Lipinski definition) is 1. The zero-order chi connectivity index (χ0) is 16.6. The quantitative estimate of drug-likeness (QED) is 0.526. The number of pyridine rings is 1. The van der Waals surface area contributed by atoms with Gasteiger partial charge in [0.25, 0.3) is 0 Å². The molecule has 0 fully saturated rings. The van der Waals surface area contributed by atoms with Gasteiger partial charge in [-0.15, -0.1) is 0 Å². The Bertz CT molecular complexity index is 594. The molecule has 1 N–H and O–H groups in total. The number of alkyl carbamates (subject to hydrolysis) is 1. The highest BCUT2D eigenvalue weighted by atomic mass is 16.6. The third kappa shape index (κ3) is 6.75. The second-order valence-corrected chi connectivity index (χ2v) is 5.38. The lowest BCUT2D eigenvalue weighted by Gasteiger charge is -2.19. The molecule has 0 aliphatic rings. The average Bonchev–Trinajstić information content (AvgIpc) is 2.44. The zero-order valence-corrected chi connectivity index (χ0v) is 13.2. The molecule has 6 nitrogen and oxygen atoms in total. The summed E-state index contributed by atoms with van der Waals surface area (Å²) in [4.78, 5) is 26.8. The molecule has 1 rings (SSSR count). The summed E-state index contributed by atoms with van der Waals surface area (Å²) in [6.07, 6.45) is -0.0243. The van der Waals surface area contributed by atoms with Crippen LogP contribution in [0.4, 0.5) is 4.79 Å². The molecule has 0 unspecified atom stereocenters. The minimum absolute atomic E-state index is 0.209. The molecule has 0 saturated heterocycles. The Morgan fingerprint density at radius 1 is 1.32 bits per heavy atom. The van der Waals surface area contributed by atoms with E-state index in [1.807, 2.05) is 0 Å². The summed E-state index contributed by atoms with van der Waals surface area (Å²) >= 11 is 0. The topological polar surface area (TPSA) is 77.5 Å². The predicted octanol–water partition coefficient (Wildman–Crippen LogP) is 2.13. The molecule has 1 aromatic heterocycles. The summed E-state index contributed by atoms with van der Waals surface area (Å²) in [5, 5.41) is 2.61. The summed E-state index contributed by atoms with van der Waals surface area (Å²) in [5.41, 5.74) is 0.162. The summed E-state index contributed by atoms with van der Waals surface area (Å²) in [6, 6.07) is 4.93. The molecule has 118 valence electrons. The molecule has 6 heteroatoms. The normalized spacial score (nSPS) is 10.2. The Kier molecular flexibility index (Phi) is 6.39. The summed E-state index contributed by atoms with van der Waals surface area (Å²) in [5.74, 6) is 5.19. The van der Waals surface area contributed by atoms with E-state index in [1.54, 1.807) is 39.0 Å². The van der Waals surface area contributed by atoms with Crippen molar-refractivity contribution in [3.8, 4) is 11.8 Å². The van der Waals surface area contributed by atoms with Gasteiger partial charge in [0.15, 0.2) is 0 Å². The molecule has 22 heavy (non-hydrogen) atoms. The molecule has 0 aliphatic carbocycles. The smallest absolute Gasteiger partial charge is 0.407 e. The van der Waals surface area contributed by atoms with Gasteiger partial charge in [0, 0.05) is 13.0 Å². The van der Waals surface area contributed by atoms with Crippen molar-refractivity contribution in [2.24, 2.45) is 0 Å². The Morgan fingerprint density at radius 3 is 2.68 bits per heavy atom. The van der Waals surface area contributed by atoms with Crippen LogP contribution in [0.15, 0.2) is 18.2 Å².